The Bertz CT molecular complexity index is 601. The maximum Gasteiger partial charge on any atom is 0.286 e. The van der Waals surface area contributed by atoms with Crippen molar-refractivity contribution in [3.8, 4) is 0 Å². The molecule has 2 aliphatic heterocycles. The zero-order valence-corrected chi connectivity index (χ0v) is 13.2. The van der Waals surface area contributed by atoms with E-state index in [0.717, 1.165) is 47.4 Å². The van der Waals surface area contributed by atoms with Crippen molar-refractivity contribution in [1.82, 2.24) is 9.80 Å². The van der Waals surface area contributed by atoms with E-state index < -0.39 is 0 Å². The van der Waals surface area contributed by atoms with Crippen LogP contribution in [0.25, 0.3) is 5.57 Å². The summed E-state index contributed by atoms with van der Waals surface area (Å²) >= 11 is 1.52. The Balaban J connectivity index is 1.79. The van der Waals surface area contributed by atoms with Crippen molar-refractivity contribution in [2.75, 3.05) is 33.2 Å². The highest BCUT2D eigenvalue weighted by atomic mass is 32.2. The summed E-state index contributed by atoms with van der Waals surface area (Å²) in [5, 5.41) is 0.860. The summed E-state index contributed by atoms with van der Waals surface area (Å²) in [5.41, 5.74) is 2.10. The van der Waals surface area contributed by atoms with Gasteiger partial charge in [0.1, 0.15) is 0 Å². The van der Waals surface area contributed by atoms with Crippen LogP contribution in [0.4, 0.5) is 0 Å². The molecule has 3 rings (SSSR count). The Kier molecular flexibility index (Phi) is 4.12. The molecule has 110 valence electrons. The summed E-state index contributed by atoms with van der Waals surface area (Å²) in [5.74, 6) is -0.102. The summed E-state index contributed by atoms with van der Waals surface area (Å²) in [6.45, 7) is 5.91. The van der Waals surface area contributed by atoms with Crippen molar-refractivity contribution in [2.45, 2.75) is 6.92 Å². The fourth-order valence-corrected chi connectivity index (χ4v) is 3.51. The molecule has 0 spiro atoms. The van der Waals surface area contributed by atoms with Crippen LogP contribution in [0.1, 0.15) is 12.5 Å². The van der Waals surface area contributed by atoms with Gasteiger partial charge in [0.25, 0.3) is 5.91 Å². The molecule has 2 aliphatic rings. The molecular weight excluding hydrogens is 282 g/mol. The molecule has 0 radical (unpaired) electrons. The average molecular weight is 301 g/mol. The van der Waals surface area contributed by atoms with Gasteiger partial charge in [-0.25, -0.2) is 0 Å². The minimum Gasteiger partial charge on any atom is -0.348 e. The number of nitrogens with zero attached hydrogens (tertiary/aromatic N) is 3. The van der Waals surface area contributed by atoms with Crippen molar-refractivity contribution in [2.24, 2.45) is 4.99 Å². The van der Waals surface area contributed by atoms with Crippen LogP contribution in [-0.2, 0) is 4.79 Å². The number of aliphatic imine (C=N–C) groups is 1. The van der Waals surface area contributed by atoms with Gasteiger partial charge in [-0.3, -0.25) is 4.79 Å². The van der Waals surface area contributed by atoms with Crippen LogP contribution < -0.4 is 0 Å². The van der Waals surface area contributed by atoms with E-state index in [1.54, 1.807) is 0 Å². The van der Waals surface area contributed by atoms with Crippen LogP contribution in [-0.4, -0.2) is 54.1 Å². The number of thioether (sulfide) groups is 1. The molecule has 2 heterocycles. The van der Waals surface area contributed by atoms with Crippen molar-refractivity contribution in [3.63, 3.8) is 0 Å². The zero-order chi connectivity index (χ0) is 14.8. The number of carbonyl (C=O) groups excluding carboxylic acids is 1. The number of amidine groups is 1. The van der Waals surface area contributed by atoms with E-state index in [1.807, 2.05) is 37.3 Å². The summed E-state index contributed by atoms with van der Waals surface area (Å²) < 4.78 is 0. The van der Waals surface area contributed by atoms with Gasteiger partial charge in [-0.05, 0) is 36.9 Å². The van der Waals surface area contributed by atoms with Crippen LogP contribution >= 0.6 is 11.8 Å². The van der Waals surface area contributed by atoms with Crippen molar-refractivity contribution in [1.29, 1.82) is 0 Å². The molecule has 0 atom stereocenters. The van der Waals surface area contributed by atoms with Gasteiger partial charge >= 0.3 is 0 Å². The molecule has 5 heteroatoms. The number of amides is 1. The highest BCUT2D eigenvalue weighted by Crippen LogP contribution is 2.34. The minimum atomic E-state index is -0.102. The van der Waals surface area contributed by atoms with E-state index in [4.69, 9.17) is 0 Å². The lowest BCUT2D eigenvalue weighted by Gasteiger charge is -2.33. The summed E-state index contributed by atoms with van der Waals surface area (Å²) in [6, 6.07) is 10.0. The van der Waals surface area contributed by atoms with Gasteiger partial charge in [0.05, 0.1) is 4.91 Å². The van der Waals surface area contributed by atoms with Crippen LogP contribution in [0, 0.1) is 0 Å². The Morgan fingerprint density at radius 2 is 1.81 bits per heavy atom. The average Bonchev–Trinajstić information content (AvgIpc) is 2.90. The minimum absolute atomic E-state index is 0.102. The predicted molar refractivity (Wildman–Crippen MR) is 88.1 cm³/mol. The third-order valence-electron chi connectivity index (χ3n) is 3.91. The molecule has 1 saturated heterocycles. The van der Waals surface area contributed by atoms with E-state index in [0.29, 0.717) is 0 Å². The summed E-state index contributed by atoms with van der Waals surface area (Å²) in [6.07, 6.45) is 0. The van der Waals surface area contributed by atoms with E-state index in [-0.39, 0.29) is 5.91 Å². The summed E-state index contributed by atoms with van der Waals surface area (Å²) in [7, 11) is 2.12. The molecule has 0 aromatic heterocycles. The zero-order valence-electron chi connectivity index (χ0n) is 12.4. The predicted octanol–water partition coefficient (Wildman–Crippen LogP) is 2.29. The smallest absolute Gasteiger partial charge is 0.286 e. The number of allylic oxidation sites excluding steroid dienone is 1. The van der Waals surface area contributed by atoms with E-state index in [1.165, 1.54) is 11.8 Å². The fourth-order valence-electron chi connectivity index (χ4n) is 2.48. The van der Waals surface area contributed by atoms with Gasteiger partial charge in [-0.15, -0.1) is 0 Å². The second-order valence-electron chi connectivity index (χ2n) is 5.41. The number of benzene rings is 1. The summed E-state index contributed by atoms with van der Waals surface area (Å²) in [4.78, 5) is 21.7. The van der Waals surface area contributed by atoms with Crippen LogP contribution in [0.5, 0.6) is 0 Å². The normalized spacial score (nSPS) is 22.5. The quantitative estimate of drug-likeness (QED) is 0.746. The largest absolute Gasteiger partial charge is 0.348 e. The molecule has 1 aromatic carbocycles. The van der Waals surface area contributed by atoms with Gasteiger partial charge in [0.15, 0.2) is 5.17 Å². The first-order valence-electron chi connectivity index (χ1n) is 7.16. The SMILES string of the molecule is C/C(=C1\SC(N2CCN(C)CC2)=NC1=O)c1ccccc1. The molecular formula is C16H19N3OS. The highest BCUT2D eigenvalue weighted by Gasteiger charge is 2.29. The van der Waals surface area contributed by atoms with Crippen molar-refractivity contribution < 1.29 is 4.79 Å². The lowest BCUT2D eigenvalue weighted by atomic mass is 10.1. The van der Waals surface area contributed by atoms with Gasteiger partial charge < -0.3 is 9.80 Å². The van der Waals surface area contributed by atoms with Gasteiger partial charge in [0, 0.05) is 26.2 Å². The Hall–Kier alpha value is -1.59. The molecule has 1 amide bonds. The van der Waals surface area contributed by atoms with E-state index in [9.17, 15) is 4.79 Å². The number of hydrogen-bond donors (Lipinski definition) is 0. The third kappa shape index (κ3) is 3.04. The Morgan fingerprint density at radius 1 is 1.14 bits per heavy atom. The monoisotopic (exact) mass is 301 g/mol. The number of likely N-dealkylation sites (N-methyl/N-ethyl adjacent to an activating group) is 1. The second-order valence-corrected chi connectivity index (χ2v) is 6.39. The van der Waals surface area contributed by atoms with Crippen molar-refractivity contribution >= 4 is 28.4 Å². The molecule has 0 saturated carbocycles. The van der Waals surface area contributed by atoms with Crippen molar-refractivity contribution in [3.05, 3.63) is 40.8 Å². The first-order chi connectivity index (χ1) is 10.1. The van der Waals surface area contributed by atoms with Crippen LogP contribution in [0.2, 0.25) is 0 Å². The molecule has 0 bridgehead atoms. The number of hydrogen-bond acceptors (Lipinski definition) is 4. The maximum atomic E-state index is 12.2. The first-order valence-corrected chi connectivity index (χ1v) is 7.97. The molecule has 21 heavy (non-hydrogen) atoms. The first kappa shape index (κ1) is 14.4. The number of piperazine rings is 1. The van der Waals surface area contributed by atoms with Gasteiger partial charge in [-0.2, -0.15) is 4.99 Å². The third-order valence-corrected chi connectivity index (χ3v) is 5.12. The molecule has 0 unspecified atom stereocenters. The lowest BCUT2D eigenvalue weighted by molar-refractivity contribution is -0.113. The topological polar surface area (TPSA) is 35.9 Å². The number of rotatable bonds is 1. The van der Waals surface area contributed by atoms with Gasteiger partial charge in [-0.1, -0.05) is 30.3 Å². The molecule has 0 aliphatic carbocycles. The molecule has 4 nitrogen and oxygen atoms in total. The number of carbonyl (C=O) groups is 1. The molecule has 1 fully saturated rings. The molecule has 0 N–H and O–H groups in total. The van der Waals surface area contributed by atoms with Crippen LogP contribution in [0.3, 0.4) is 0 Å². The fraction of sp³-hybridized carbons (Fsp3) is 0.375. The van der Waals surface area contributed by atoms with E-state index in [2.05, 4.69) is 21.8 Å². The lowest BCUT2D eigenvalue weighted by Crippen LogP contribution is -2.46. The standard InChI is InChI=1S/C16H19N3OS/c1-12(13-6-4-3-5-7-13)14-15(20)17-16(21-14)19-10-8-18(2)9-11-19/h3-7H,8-11H2,1-2H3/b14-12+. The highest BCUT2D eigenvalue weighted by molar-refractivity contribution is 8.18. The van der Waals surface area contributed by atoms with Crippen LogP contribution in [0.15, 0.2) is 40.2 Å². The Labute approximate surface area is 129 Å². The Morgan fingerprint density at radius 3 is 2.48 bits per heavy atom. The van der Waals surface area contributed by atoms with Gasteiger partial charge in [0.2, 0.25) is 0 Å². The van der Waals surface area contributed by atoms with E-state index >= 15 is 0 Å². The second kappa shape index (κ2) is 6.03. The maximum absolute atomic E-state index is 12.2. The molecule has 1 aromatic rings.